The summed E-state index contributed by atoms with van der Waals surface area (Å²) in [5.41, 5.74) is 1.27. The van der Waals surface area contributed by atoms with Gasteiger partial charge in [-0.05, 0) is 35.7 Å². The molecule has 0 radical (unpaired) electrons. The van der Waals surface area contributed by atoms with E-state index in [-0.39, 0.29) is 23.3 Å². The third-order valence-corrected chi connectivity index (χ3v) is 4.27. The summed E-state index contributed by atoms with van der Waals surface area (Å²) < 4.78 is 35.7. The Bertz CT molecular complexity index is 808. The third kappa shape index (κ3) is 5.32. The van der Waals surface area contributed by atoms with E-state index in [0.717, 1.165) is 5.56 Å². The van der Waals surface area contributed by atoms with Crippen molar-refractivity contribution < 1.29 is 17.6 Å². The first-order valence-electron chi connectivity index (χ1n) is 7.23. The number of carbonyl (C=O) groups is 1. The predicted octanol–water partition coefficient (Wildman–Crippen LogP) is 1.51. The van der Waals surface area contributed by atoms with Gasteiger partial charge in [-0.15, -0.1) is 0 Å². The van der Waals surface area contributed by atoms with Gasteiger partial charge in [-0.2, -0.15) is 0 Å². The molecule has 0 aliphatic rings. The van der Waals surface area contributed by atoms with E-state index in [2.05, 4.69) is 10.6 Å². The van der Waals surface area contributed by atoms with E-state index in [1.165, 1.54) is 18.2 Å². The number of benzene rings is 2. The van der Waals surface area contributed by atoms with Crippen LogP contribution in [0.4, 0.5) is 9.18 Å². The molecule has 0 aromatic heterocycles. The van der Waals surface area contributed by atoms with Crippen LogP contribution in [0.25, 0.3) is 0 Å². The predicted molar refractivity (Wildman–Crippen MR) is 88.2 cm³/mol. The lowest BCUT2D eigenvalue weighted by molar-refractivity contribution is 0.240. The minimum atomic E-state index is -3.72. The Morgan fingerprint density at radius 2 is 1.71 bits per heavy atom. The fraction of sp³-hybridized carbons (Fsp3) is 0.188. The Balaban J connectivity index is 1.76. The third-order valence-electron chi connectivity index (χ3n) is 3.34. The number of primary sulfonamides is 1. The van der Waals surface area contributed by atoms with Crippen molar-refractivity contribution in [1.82, 2.24) is 10.6 Å². The Labute approximate surface area is 139 Å². The largest absolute Gasteiger partial charge is 0.338 e. The average molecular weight is 351 g/mol. The average Bonchev–Trinajstić information content (AvgIpc) is 2.54. The summed E-state index contributed by atoms with van der Waals surface area (Å²) in [6.07, 6.45) is 0.392. The molecule has 0 saturated heterocycles. The number of hydrogen-bond acceptors (Lipinski definition) is 3. The Hall–Kier alpha value is -2.45. The van der Waals surface area contributed by atoms with Crippen molar-refractivity contribution in [1.29, 1.82) is 0 Å². The highest BCUT2D eigenvalue weighted by atomic mass is 32.2. The number of carbonyl (C=O) groups excluding carboxylic acids is 1. The maximum absolute atomic E-state index is 13.4. The van der Waals surface area contributed by atoms with E-state index < -0.39 is 10.0 Å². The van der Waals surface area contributed by atoms with E-state index in [9.17, 15) is 17.6 Å². The second kappa shape index (κ2) is 7.89. The summed E-state index contributed by atoms with van der Waals surface area (Å²) >= 11 is 0. The molecule has 0 fully saturated rings. The summed E-state index contributed by atoms with van der Waals surface area (Å²) in [6.45, 7) is 0.535. The molecule has 6 nitrogen and oxygen atoms in total. The van der Waals surface area contributed by atoms with Crippen LogP contribution in [0.3, 0.4) is 0 Å². The zero-order valence-corrected chi connectivity index (χ0v) is 13.6. The van der Waals surface area contributed by atoms with Crippen LogP contribution in [-0.2, 0) is 23.0 Å². The Morgan fingerprint density at radius 3 is 2.33 bits per heavy atom. The summed E-state index contributed by atoms with van der Waals surface area (Å²) in [6, 6.07) is 11.9. The van der Waals surface area contributed by atoms with Gasteiger partial charge in [-0.1, -0.05) is 30.3 Å². The van der Waals surface area contributed by atoms with Crippen LogP contribution in [0, 0.1) is 5.82 Å². The van der Waals surface area contributed by atoms with E-state index in [4.69, 9.17) is 5.14 Å². The molecule has 8 heteroatoms. The monoisotopic (exact) mass is 351 g/mol. The van der Waals surface area contributed by atoms with E-state index in [0.29, 0.717) is 18.5 Å². The fourth-order valence-corrected chi connectivity index (χ4v) is 2.57. The molecule has 0 spiro atoms. The number of rotatable bonds is 6. The Kier molecular flexibility index (Phi) is 5.88. The highest BCUT2D eigenvalue weighted by Gasteiger charge is 2.07. The van der Waals surface area contributed by atoms with Crippen molar-refractivity contribution in [2.75, 3.05) is 6.54 Å². The highest BCUT2D eigenvalue weighted by Crippen LogP contribution is 2.08. The molecule has 0 aliphatic carbocycles. The van der Waals surface area contributed by atoms with E-state index in [1.807, 2.05) is 0 Å². The maximum atomic E-state index is 13.4. The standard InChI is InChI=1S/C16H18FN3O3S/c17-15-4-2-1-3-13(15)9-10-19-16(21)20-11-12-5-7-14(8-6-12)24(18,22)23/h1-8H,9-11H2,(H2,18,22,23)(H2,19,20,21). The van der Waals surface area contributed by atoms with Crippen molar-refractivity contribution in [3.05, 3.63) is 65.5 Å². The molecule has 2 aromatic carbocycles. The van der Waals surface area contributed by atoms with E-state index >= 15 is 0 Å². The van der Waals surface area contributed by atoms with Crippen LogP contribution in [-0.4, -0.2) is 21.0 Å². The molecule has 4 N–H and O–H groups in total. The smallest absolute Gasteiger partial charge is 0.315 e. The molecule has 128 valence electrons. The van der Waals surface area contributed by atoms with Crippen LogP contribution in [0.5, 0.6) is 0 Å². The first kappa shape index (κ1) is 17.9. The molecule has 0 saturated carbocycles. The van der Waals surface area contributed by atoms with Crippen molar-refractivity contribution in [2.45, 2.75) is 17.9 Å². The number of halogens is 1. The molecular weight excluding hydrogens is 333 g/mol. The van der Waals surface area contributed by atoms with Gasteiger partial charge in [0, 0.05) is 13.1 Å². The summed E-state index contributed by atoms with van der Waals surface area (Å²) in [5.74, 6) is -0.297. The number of amides is 2. The summed E-state index contributed by atoms with van der Waals surface area (Å²) in [7, 11) is -3.72. The van der Waals surface area contributed by atoms with Gasteiger partial charge in [-0.25, -0.2) is 22.7 Å². The van der Waals surface area contributed by atoms with Crippen molar-refractivity contribution >= 4 is 16.1 Å². The van der Waals surface area contributed by atoms with Gasteiger partial charge in [-0.3, -0.25) is 0 Å². The normalized spacial score (nSPS) is 11.1. The first-order chi connectivity index (χ1) is 11.4. The molecule has 0 bridgehead atoms. The van der Waals surface area contributed by atoms with Crippen LogP contribution in [0.1, 0.15) is 11.1 Å². The number of sulfonamides is 1. The van der Waals surface area contributed by atoms with Gasteiger partial charge in [0.2, 0.25) is 10.0 Å². The van der Waals surface area contributed by atoms with Crippen LogP contribution in [0.15, 0.2) is 53.4 Å². The van der Waals surface area contributed by atoms with Crippen LogP contribution >= 0.6 is 0 Å². The molecule has 2 aromatic rings. The minimum Gasteiger partial charge on any atom is -0.338 e. The zero-order chi connectivity index (χ0) is 17.6. The first-order valence-corrected chi connectivity index (χ1v) is 8.78. The van der Waals surface area contributed by atoms with Crippen molar-refractivity contribution in [2.24, 2.45) is 5.14 Å². The molecule has 2 rings (SSSR count). The SMILES string of the molecule is NS(=O)(=O)c1ccc(CNC(=O)NCCc2ccccc2F)cc1. The minimum absolute atomic E-state index is 0.0144. The lowest BCUT2D eigenvalue weighted by atomic mass is 10.1. The number of hydrogen-bond donors (Lipinski definition) is 3. The van der Waals surface area contributed by atoms with Crippen molar-refractivity contribution in [3.8, 4) is 0 Å². The lowest BCUT2D eigenvalue weighted by Crippen LogP contribution is -2.36. The van der Waals surface area contributed by atoms with Gasteiger partial charge in [0.05, 0.1) is 4.90 Å². The molecule has 0 heterocycles. The van der Waals surface area contributed by atoms with Gasteiger partial charge < -0.3 is 10.6 Å². The van der Waals surface area contributed by atoms with Gasteiger partial charge >= 0.3 is 6.03 Å². The number of urea groups is 1. The molecule has 24 heavy (non-hydrogen) atoms. The van der Waals surface area contributed by atoms with Gasteiger partial charge in [0.1, 0.15) is 5.82 Å². The summed E-state index contributed by atoms with van der Waals surface area (Å²) in [5, 5.41) is 10.3. The van der Waals surface area contributed by atoms with Gasteiger partial charge in [0.15, 0.2) is 0 Å². The molecule has 0 aliphatic heterocycles. The number of nitrogens with two attached hydrogens (primary N) is 1. The molecule has 0 atom stereocenters. The quantitative estimate of drug-likeness (QED) is 0.735. The van der Waals surface area contributed by atoms with E-state index in [1.54, 1.807) is 30.3 Å². The second-order valence-corrected chi connectivity index (χ2v) is 6.70. The maximum Gasteiger partial charge on any atom is 0.315 e. The molecule has 0 unspecified atom stereocenters. The molecule has 2 amide bonds. The van der Waals surface area contributed by atoms with Crippen molar-refractivity contribution in [3.63, 3.8) is 0 Å². The van der Waals surface area contributed by atoms with Crippen LogP contribution < -0.4 is 15.8 Å². The second-order valence-electron chi connectivity index (χ2n) is 5.14. The lowest BCUT2D eigenvalue weighted by Gasteiger charge is -2.08. The topological polar surface area (TPSA) is 101 Å². The zero-order valence-electron chi connectivity index (χ0n) is 12.8. The number of nitrogens with one attached hydrogen (secondary N) is 2. The fourth-order valence-electron chi connectivity index (χ4n) is 2.05. The summed E-state index contributed by atoms with van der Waals surface area (Å²) in [4.78, 5) is 11.7. The van der Waals surface area contributed by atoms with Crippen LogP contribution in [0.2, 0.25) is 0 Å². The van der Waals surface area contributed by atoms with Gasteiger partial charge in [0.25, 0.3) is 0 Å². The molecular formula is C16H18FN3O3S. The Morgan fingerprint density at radius 1 is 1.04 bits per heavy atom. The highest BCUT2D eigenvalue weighted by molar-refractivity contribution is 7.89.